The zero-order valence-electron chi connectivity index (χ0n) is 6.40. The van der Waals surface area contributed by atoms with E-state index in [9.17, 15) is 0 Å². The highest BCUT2D eigenvalue weighted by Gasteiger charge is 2.23. The first-order valence-corrected chi connectivity index (χ1v) is 3.42. The molecule has 0 bridgehead atoms. The van der Waals surface area contributed by atoms with E-state index in [-0.39, 0.29) is 25.6 Å². The fraction of sp³-hybridized carbons (Fsp3) is 0.714. The predicted molar refractivity (Wildman–Crippen MR) is 37.8 cm³/mol. The van der Waals surface area contributed by atoms with Gasteiger partial charge in [-0.2, -0.15) is 0 Å². The van der Waals surface area contributed by atoms with Crippen LogP contribution in [0.15, 0.2) is 12.3 Å². The normalized spacial score (nSPS) is 28.9. The van der Waals surface area contributed by atoms with Crippen LogP contribution in [0.3, 0.4) is 0 Å². The molecule has 1 aliphatic heterocycles. The van der Waals surface area contributed by atoms with Crippen molar-refractivity contribution in [1.82, 2.24) is 0 Å². The third-order valence-corrected chi connectivity index (χ3v) is 1.45. The smallest absolute Gasteiger partial charge is 0.151 e. The molecule has 0 aromatic heterocycles. The van der Waals surface area contributed by atoms with Crippen molar-refractivity contribution in [3.8, 4) is 0 Å². The monoisotopic (exact) mass is 160 g/mol. The molecule has 4 nitrogen and oxygen atoms in total. The standard InChI is InChI=1S/C7H12O4/c1-9-5-11-6-2-3-10-7(6)4-8/h2-3,6-8H,4-5H2,1H3/t6-,7+/m0/s1. The lowest BCUT2D eigenvalue weighted by Crippen LogP contribution is -2.28. The van der Waals surface area contributed by atoms with Crippen molar-refractivity contribution < 1.29 is 19.3 Å². The molecule has 0 saturated heterocycles. The summed E-state index contributed by atoms with van der Waals surface area (Å²) in [6.45, 7) is 0.177. The van der Waals surface area contributed by atoms with Crippen molar-refractivity contribution in [2.45, 2.75) is 12.2 Å². The number of aliphatic hydroxyl groups excluding tert-OH is 1. The maximum atomic E-state index is 8.75. The lowest BCUT2D eigenvalue weighted by atomic mass is 10.2. The Kier molecular flexibility index (Phi) is 3.35. The largest absolute Gasteiger partial charge is 0.493 e. The molecule has 2 atom stereocenters. The van der Waals surface area contributed by atoms with Crippen LogP contribution in [0.5, 0.6) is 0 Å². The Labute approximate surface area is 65.4 Å². The molecule has 0 saturated carbocycles. The van der Waals surface area contributed by atoms with Gasteiger partial charge in [0.25, 0.3) is 0 Å². The van der Waals surface area contributed by atoms with Crippen molar-refractivity contribution in [2.75, 3.05) is 20.5 Å². The molecule has 0 fully saturated rings. The van der Waals surface area contributed by atoms with Crippen LogP contribution in [-0.2, 0) is 14.2 Å². The van der Waals surface area contributed by atoms with Crippen LogP contribution in [-0.4, -0.2) is 37.8 Å². The molecule has 0 spiro atoms. The summed E-state index contributed by atoms with van der Waals surface area (Å²) in [7, 11) is 1.55. The average Bonchev–Trinajstić information content (AvgIpc) is 2.47. The lowest BCUT2D eigenvalue weighted by Gasteiger charge is -2.15. The second kappa shape index (κ2) is 4.33. The van der Waals surface area contributed by atoms with Crippen LogP contribution in [0.2, 0.25) is 0 Å². The predicted octanol–water partition coefficient (Wildman–Crippen LogP) is -0.120. The van der Waals surface area contributed by atoms with Crippen molar-refractivity contribution in [2.24, 2.45) is 0 Å². The van der Waals surface area contributed by atoms with E-state index < -0.39 is 0 Å². The summed E-state index contributed by atoms with van der Waals surface area (Å²) in [6.07, 6.45) is 2.83. The number of hydrogen-bond donors (Lipinski definition) is 1. The Morgan fingerprint density at radius 2 is 2.45 bits per heavy atom. The zero-order chi connectivity index (χ0) is 8.10. The van der Waals surface area contributed by atoms with Gasteiger partial charge >= 0.3 is 0 Å². The molecular formula is C7H12O4. The van der Waals surface area contributed by atoms with Crippen molar-refractivity contribution in [3.05, 3.63) is 12.3 Å². The van der Waals surface area contributed by atoms with Gasteiger partial charge in [0.05, 0.1) is 12.9 Å². The zero-order valence-corrected chi connectivity index (χ0v) is 6.40. The van der Waals surface area contributed by atoms with Crippen LogP contribution in [0.4, 0.5) is 0 Å². The molecule has 0 aromatic rings. The number of ether oxygens (including phenoxy) is 3. The van der Waals surface area contributed by atoms with E-state index in [1.807, 2.05) is 0 Å². The Balaban J connectivity index is 2.25. The number of methoxy groups -OCH3 is 1. The van der Waals surface area contributed by atoms with E-state index in [2.05, 4.69) is 0 Å². The number of aliphatic hydroxyl groups is 1. The summed E-state index contributed by atoms with van der Waals surface area (Å²) < 4.78 is 14.9. The molecule has 1 N–H and O–H groups in total. The quantitative estimate of drug-likeness (QED) is 0.582. The van der Waals surface area contributed by atoms with Gasteiger partial charge in [-0.3, -0.25) is 0 Å². The topological polar surface area (TPSA) is 47.9 Å². The molecule has 0 aliphatic carbocycles. The first-order valence-electron chi connectivity index (χ1n) is 3.42. The Morgan fingerprint density at radius 3 is 3.09 bits per heavy atom. The summed E-state index contributed by atoms with van der Waals surface area (Å²) >= 11 is 0. The summed E-state index contributed by atoms with van der Waals surface area (Å²) in [6, 6.07) is 0. The van der Waals surface area contributed by atoms with Crippen LogP contribution in [0.1, 0.15) is 0 Å². The minimum Gasteiger partial charge on any atom is -0.493 e. The fourth-order valence-electron chi connectivity index (χ4n) is 0.881. The van der Waals surface area contributed by atoms with Crippen LogP contribution in [0.25, 0.3) is 0 Å². The van der Waals surface area contributed by atoms with Crippen LogP contribution < -0.4 is 0 Å². The van der Waals surface area contributed by atoms with Gasteiger partial charge in [0.1, 0.15) is 12.9 Å². The number of rotatable bonds is 4. The minimum absolute atomic E-state index is 0.0403. The molecule has 0 aromatic carbocycles. The SMILES string of the molecule is COCO[C@H]1C=CO[C@@H]1CO. The van der Waals surface area contributed by atoms with Gasteiger partial charge in [-0.05, 0) is 6.08 Å². The fourth-order valence-corrected chi connectivity index (χ4v) is 0.881. The molecule has 1 aliphatic rings. The summed E-state index contributed by atoms with van der Waals surface area (Å²) in [5, 5.41) is 8.75. The maximum Gasteiger partial charge on any atom is 0.151 e. The van der Waals surface area contributed by atoms with E-state index in [0.717, 1.165) is 0 Å². The molecule has 4 heteroatoms. The minimum atomic E-state index is -0.273. The third-order valence-electron chi connectivity index (χ3n) is 1.45. The molecule has 64 valence electrons. The van der Waals surface area contributed by atoms with Gasteiger partial charge in [0, 0.05) is 7.11 Å². The van der Waals surface area contributed by atoms with Crippen molar-refractivity contribution in [3.63, 3.8) is 0 Å². The van der Waals surface area contributed by atoms with Crippen molar-refractivity contribution in [1.29, 1.82) is 0 Å². The molecule has 11 heavy (non-hydrogen) atoms. The van der Waals surface area contributed by atoms with Crippen LogP contribution >= 0.6 is 0 Å². The van der Waals surface area contributed by atoms with Crippen molar-refractivity contribution >= 4 is 0 Å². The van der Waals surface area contributed by atoms with Gasteiger partial charge < -0.3 is 19.3 Å². The first kappa shape index (κ1) is 8.52. The summed E-state index contributed by atoms with van der Waals surface area (Å²) in [5.74, 6) is 0. The molecule has 0 radical (unpaired) electrons. The van der Waals surface area contributed by atoms with E-state index in [1.165, 1.54) is 6.26 Å². The van der Waals surface area contributed by atoms with Gasteiger partial charge in [-0.1, -0.05) is 0 Å². The lowest BCUT2D eigenvalue weighted by molar-refractivity contribution is -0.0930. The Bertz CT molecular complexity index is 134. The summed E-state index contributed by atoms with van der Waals surface area (Å²) in [5.41, 5.74) is 0. The van der Waals surface area contributed by atoms with E-state index >= 15 is 0 Å². The third kappa shape index (κ3) is 2.18. The van der Waals surface area contributed by atoms with E-state index in [0.29, 0.717) is 0 Å². The second-order valence-electron chi connectivity index (χ2n) is 2.22. The van der Waals surface area contributed by atoms with E-state index in [4.69, 9.17) is 19.3 Å². The van der Waals surface area contributed by atoms with Crippen LogP contribution in [0, 0.1) is 0 Å². The average molecular weight is 160 g/mol. The molecular weight excluding hydrogens is 148 g/mol. The highest BCUT2D eigenvalue weighted by molar-refractivity contribution is 4.96. The van der Waals surface area contributed by atoms with Gasteiger partial charge in [0.2, 0.25) is 0 Å². The highest BCUT2D eigenvalue weighted by atomic mass is 16.7. The maximum absolute atomic E-state index is 8.75. The van der Waals surface area contributed by atoms with Gasteiger partial charge in [0.15, 0.2) is 6.10 Å². The first-order chi connectivity index (χ1) is 5.38. The van der Waals surface area contributed by atoms with Gasteiger partial charge in [-0.25, -0.2) is 0 Å². The second-order valence-corrected chi connectivity index (χ2v) is 2.22. The molecule has 1 heterocycles. The summed E-state index contributed by atoms with van der Waals surface area (Å²) in [4.78, 5) is 0. The van der Waals surface area contributed by atoms with E-state index in [1.54, 1.807) is 13.2 Å². The molecule has 1 rings (SSSR count). The Hall–Kier alpha value is -0.580. The highest BCUT2D eigenvalue weighted by Crippen LogP contribution is 2.12. The molecule has 0 unspecified atom stereocenters. The number of hydrogen-bond acceptors (Lipinski definition) is 4. The molecule has 0 amide bonds. The van der Waals surface area contributed by atoms with Gasteiger partial charge in [-0.15, -0.1) is 0 Å². The Morgan fingerprint density at radius 1 is 1.64 bits per heavy atom.